The first-order valence-corrected chi connectivity index (χ1v) is 6.42. The maximum Gasteiger partial charge on any atom is 0.150 e. The van der Waals surface area contributed by atoms with Crippen LogP contribution >= 0.6 is 11.9 Å². The molecule has 2 aromatic rings. The molecule has 92 valence electrons. The van der Waals surface area contributed by atoms with Crippen molar-refractivity contribution >= 4 is 22.9 Å². The quantitative estimate of drug-likeness (QED) is 0.833. The van der Waals surface area contributed by atoms with Gasteiger partial charge in [0.25, 0.3) is 0 Å². The summed E-state index contributed by atoms with van der Waals surface area (Å²) in [4.78, 5) is 3.14. The van der Waals surface area contributed by atoms with E-state index >= 15 is 0 Å². The topological polar surface area (TPSA) is 19.0 Å². The number of halogens is 1. The molecule has 2 nitrogen and oxygen atoms in total. The number of rotatable bonds is 3. The molecular formula is C13H17FN2S. The van der Waals surface area contributed by atoms with Crippen molar-refractivity contribution in [3.05, 3.63) is 29.6 Å². The molecule has 0 aliphatic carbocycles. The summed E-state index contributed by atoms with van der Waals surface area (Å²) in [5.74, 6) is 0.0794. The summed E-state index contributed by atoms with van der Waals surface area (Å²) in [6, 6.07) is 5.83. The lowest BCUT2D eigenvalue weighted by Gasteiger charge is -2.07. The third-order valence-electron chi connectivity index (χ3n) is 2.64. The van der Waals surface area contributed by atoms with E-state index in [0.717, 1.165) is 16.0 Å². The molecule has 17 heavy (non-hydrogen) atoms. The second-order valence-corrected chi connectivity index (χ2v) is 5.98. The molecule has 0 saturated carbocycles. The van der Waals surface area contributed by atoms with Gasteiger partial charge in [-0.05, 0) is 43.6 Å². The van der Waals surface area contributed by atoms with E-state index in [1.165, 1.54) is 0 Å². The zero-order valence-electron chi connectivity index (χ0n) is 10.5. The van der Waals surface area contributed by atoms with Crippen LogP contribution in [0.3, 0.4) is 0 Å². The third-order valence-corrected chi connectivity index (χ3v) is 3.42. The van der Waals surface area contributed by atoms with Gasteiger partial charge in [0.05, 0.1) is 10.5 Å². The smallest absolute Gasteiger partial charge is 0.150 e. The zero-order valence-corrected chi connectivity index (χ0v) is 11.4. The number of hydrogen-bond acceptors (Lipinski definition) is 2. The Morgan fingerprint density at radius 3 is 2.59 bits per heavy atom. The minimum Gasteiger partial charge on any atom is -0.346 e. The molecule has 0 spiro atoms. The molecule has 0 saturated heterocycles. The second kappa shape index (κ2) is 4.70. The lowest BCUT2D eigenvalue weighted by molar-refractivity contribution is 0.607. The fourth-order valence-electron chi connectivity index (χ4n) is 1.85. The Bertz CT molecular complexity index is 531. The van der Waals surface area contributed by atoms with Crippen molar-refractivity contribution in [1.29, 1.82) is 0 Å². The molecule has 0 radical (unpaired) electrons. The number of nitrogens with zero attached hydrogens (tertiary/aromatic N) is 1. The van der Waals surface area contributed by atoms with Crippen LogP contribution in [0.4, 0.5) is 4.39 Å². The Hall–Kier alpha value is -1.00. The van der Waals surface area contributed by atoms with Crippen molar-refractivity contribution in [2.75, 3.05) is 14.1 Å². The summed E-state index contributed by atoms with van der Waals surface area (Å²) < 4.78 is 16.2. The molecule has 1 aromatic heterocycles. The Labute approximate surface area is 105 Å². The highest BCUT2D eigenvalue weighted by molar-refractivity contribution is 7.96. The SMILES string of the molecule is CC(C)c1ccc2cc(SN(C)C)[nH]c2c1F. The Balaban J connectivity index is 2.50. The Kier molecular flexibility index (Phi) is 3.45. The Morgan fingerprint density at radius 2 is 2.00 bits per heavy atom. The normalized spacial score (nSPS) is 11.9. The fraction of sp³-hybridized carbons (Fsp3) is 0.385. The van der Waals surface area contributed by atoms with E-state index < -0.39 is 0 Å². The van der Waals surface area contributed by atoms with Crippen molar-refractivity contribution in [2.45, 2.75) is 24.8 Å². The van der Waals surface area contributed by atoms with Crippen molar-refractivity contribution < 1.29 is 4.39 Å². The minimum absolute atomic E-state index is 0.122. The van der Waals surface area contributed by atoms with E-state index in [1.807, 2.05) is 50.4 Å². The first-order chi connectivity index (χ1) is 7.99. The van der Waals surface area contributed by atoms with E-state index in [4.69, 9.17) is 0 Å². The molecule has 4 heteroatoms. The van der Waals surface area contributed by atoms with Crippen LogP contribution in [0, 0.1) is 5.82 Å². The molecule has 0 atom stereocenters. The molecule has 0 aliphatic rings. The minimum atomic E-state index is -0.122. The van der Waals surface area contributed by atoms with Crippen LogP contribution in [0.5, 0.6) is 0 Å². The summed E-state index contributed by atoms with van der Waals surface area (Å²) in [5, 5.41) is 1.89. The molecule has 1 N–H and O–H groups in total. The number of nitrogens with one attached hydrogen (secondary N) is 1. The lowest BCUT2D eigenvalue weighted by atomic mass is 10.0. The lowest BCUT2D eigenvalue weighted by Crippen LogP contribution is -1.98. The summed E-state index contributed by atoms with van der Waals surface area (Å²) in [5.41, 5.74) is 1.38. The van der Waals surface area contributed by atoms with Gasteiger partial charge >= 0.3 is 0 Å². The fourth-order valence-corrected chi connectivity index (χ4v) is 2.57. The highest BCUT2D eigenvalue weighted by Gasteiger charge is 2.13. The van der Waals surface area contributed by atoms with Crippen LogP contribution in [-0.4, -0.2) is 23.4 Å². The first kappa shape index (κ1) is 12.5. The predicted octanol–water partition coefficient (Wildman–Crippen LogP) is 4.00. The number of benzene rings is 1. The van der Waals surface area contributed by atoms with Crippen LogP contribution in [0.25, 0.3) is 10.9 Å². The molecule has 1 aromatic carbocycles. The van der Waals surface area contributed by atoms with Crippen molar-refractivity contribution in [1.82, 2.24) is 9.29 Å². The van der Waals surface area contributed by atoms with Crippen LogP contribution in [0.1, 0.15) is 25.3 Å². The van der Waals surface area contributed by atoms with Gasteiger partial charge in [0, 0.05) is 5.39 Å². The van der Waals surface area contributed by atoms with E-state index in [9.17, 15) is 4.39 Å². The van der Waals surface area contributed by atoms with Gasteiger partial charge in [0.15, 0.2) is 5.82 Å². The van der Waals surface area contributed by atoms with Crippen molar-refractivity contribution in [3.63, 3.8) is 0 Å². The van der Waals surface area contributed by atoms with Crippen molar-refractivity contribution in [3.8, 4) is 0 Å². The van der Waals surface area contributed by atoms with Crippen LogP contribution in [0.15, 0.2) is 23.2 Å². The van der Waals surface area contributed by atoms with Crippen molar-refractivity contribution in [2.24, 2.45) is 0 Å². The molecule has 0 unspecified atom stereocenters. The number of fused-ring (bicyclic) bond motifs is 1. The number of aromatic amines is 1. The van der Waals surface area contributed by atoms with Gasteiger partial charge in [0.2, 0.25) is 0 Å². The molecule has 0 aliphatic heterocycles. The maximum atomic E-state index is 14.2. The first-order valence-electron chi connectivity index (χ1n) is 5.65. The number of hydrogen-bond donors (Lipinski definition) is 1. The largest absolute Gasteiger partial charge is 0.346 e. The number of aromatic nitrogens is 1. The van der Waals surface area contributed by atoms with Crippen LogP contribution in [-0.2, 0) is 0 Å². The standard InChI is InChI=1S/C13H17FN2S/c1-8(2)10-6-5-9-7-11(17-16(3)4)15-13(9)12(10)14/h5-8,15H,1-4H3. The van der Waals surface area contributed by atoms with Crippen LogP contribution < -0.4 is 0 Å². The average molecular weight is 252 g/mol. The summed E-state index contributed by atoms with van der Waals surface area (Å²) in [6.45, 7) is 4.01. The summed E-state index contributed by atoms with van der Waals surface area (Å²) in [7, 11) is 3.93. The van der Waals surface area contributed by atoms with E-state index in [-0.39, 0.29) is 11.7 Å². The molecule has 1 heterocycles. The van der Waals surface area contributed by atoms with E-state index in [2.05, 4.69) is 4.98 Å². The monoisotopic (exact) mass is 252 g/mol. The second-order valence-electron chi connectivity index (χ2n) is 4.62. The summed E-state index contributed by atoms with van der Waals surface area (Å²) >= 11 is 1.56. The number of H-pyrrole nitrogens is 1. The molecule has 2 rings (SSSR count). The van der Waals surface area contributed by atoms with Gasteiger partial charge in [-0.25, -0.2) is 4.39 Å². The van der Waals surface area contributed by atoms with Gasteiger partial charge in [-0.1, -0.05) is 26.0 Å². The molecular weight excluding hydrogens is 235 g/mol. The highest BCUT2D eigenvalue weighted by atomic mass is 32.2. The van der Waals surface area contributed by atoms with Gasteiger partial charge in [0.1, 0.15) is 0 Å². The predicted molar refractivity (Wildman–Crippen MR) is 71.9 cm³/mol. The maximum absolute atomic E-state index is 14.2. The van der Waals surface area contributed by atoms with Crippen LogP contribution in [0.2, 0.25) is 0 Å². The summed E-state index contributed by atoms with van der Waals surface area (Å²) in [6.07, 6.45) is 0. The zero-order chi connectivity index (χ0) is 12.6. The Morgan fingerprint density at radius 1 is 1.29 bits per heavy atom. The molecule has 0 bridgehead atoms. The van der Waals surface area contributed by atoms with Gasteiger partial charge in [-0.2, -0.15) is 0 Å². The van der Waals surface area contributed by atoms with E-state index in [1.54, 1.807) is 11.9 Å². The van der Waals surface area contributed by atoms with Gasteiger partial charge in [-0.3, -0.25) is 4.31 Å². The molecule has 0 amide bonds. The van der Waals surface area contributed by atoms with Gasteiger partial charge < -0.3 is 4.98 Å². The highest BCUT2D eigenvalue weighted by Crippen LogP contribution is 2.29. The van der Waals surface area contributed by atoms with E-state index in [0.29, 0.717) is 5.52 Å². The average Bonchev–Trinajstić information content (AvgIpc) is 2.60. The third kappa shape index (κ3) is 2.48. The molecule has 0 fully saturated rings. The van der Waals surface area contributed by atoms with Gasteiger partial charge in [-0.15, -0.1) is 0 Å².